The van der Waals surface area contributed by atoms with Gasteiger partial charge in [-0.15, -0.1) is 0 Å². The standard InChI is InChI=1S/C21H20N2O/c1-5-22(6-2)19-13-9-17(10-14-19)21(24)18-11-15-20(16-12-18)23(7-3)8-4/h5-16H,1-4H2. The maximum atomic E-state index is 12.6. The predicted molar refractivity (Wildman–Crippen MR) is 102 cm³/mol. The van der Waals surface area contributed by atoms with Gasteiger partial charge in [-0.05, 0) is 48.5 Å². The zero-order valence-corrected chi connectivity index (χ0v) is 13.6. The molecular weight excluding hydrogens is 296 g/mol. The highest BCUT2D eigenvalue weighted by Crippen LogP contribution is 2.20. The Morgan fingerprint density at radius 3 is 1.17 bits per heavy atom. The van der Waals surface area contributed by atoms with E-state index < -0.39 is 0 Å². The number of benzene rings is 2. The molecule has 24 heavy (non-hydrogen) atoms. The molecule has 2 rings (SSSR count). The molecule has 0 saturated carbocycles. The molecule has 2 aromatic rings. The lowest BCUT2D eigenvalue weighted by Crippen LogP contribution is -2.07. The van der Waals surface area contributed by atoms with Gasteiger partial charge in [-0.25, -0.2) is 0 Å². The second-order valence-electron chi connectivity index (χ2n) is 4.97. The number of carbonyl (C=O) groups is 1. The van der Waals surface area contributed by atoms with Gasteiger partial charge in [0, 0.05) is 47.3 Å². The Labute approximate surface area is 143 Å². The molecule has 0 aliphatic heterocycles. The lowest BCUT2D eigenvalue weighted by atomic mass is 10.0. The van der Waals surface area contributed by atoms with Gasteiger partial charge in [-0.2, -0.15) is 0 Å². The van der Waals surface area contributed by atoms with Crippen molar-refractivity contribution in [2.24, 2.45) is 0 Å². The van der Waals surface area contributed by atoms with E-state index in [4.69, 9.17) is 0 Å². The van der Waals surface area contributed by atoms with Crippen LogP contribution in [0.4, 0.5) is 11.4 Å². The highest BCUT2D eigenvalue weighted by atomic mass is 16.1. The molecule has 0 aliphatic carbocycles. The lowest BCUT2D eigenvalue weighted by Gasteiger charge is -2.15. The summed E-state index contributed by atoms with van der Waals surface area (Å²) >= 11 is 0. The topological polar surface area (TPSA) is 23.6 Å². The van der Waals surface area contributed by atoms with Crippen LogP contribution in [0.2, 0.25) is 0 Å². The largest absolute Gasteiger partial charge is 0.325 e. The summed E-state index contributed by atoms with van der Waals surface area (Å²) < 4.78 is 0. The van der Waals surface area contributed by atoms with Crippen molar-refractivity contribution in [3.63, 3.8) is 0 Å². The first-order valence-electron chi connectivity index (χ1n) is 7.46. The van der Waals surface area contributed by atoms with Gasteiger partial charge in [0.25, 0.3) is 0 Å². The molecule has 0 aliphatic rings. The summed E-state index contributed by atoms with van der Waals surface area (Å²) in [6.07, 6.45) is 6.64. The Balaban J connectivity index is 2.22. The van der Waals surface area contributed by atoms with Crippen molar-refractivity contribution >= 4 is 17.2 Å². The van der Waals surface area contributed by atoms with E-state index in [1.807, 2.05) is 24.3 Å². The first-order valence-corrected chi connectivity index (χ1v) is 7.46. The zero-order valence-electron chi connectivity index (χ0n) is 13.6. The minimum atomic E-state index is -0.0272. The molecule has 120 valence electrons. The summed E-state index contributed by atoms with van der Waals surface area (Å²) in [5.74, 6) is -0.0272. The molecule has 0 atom stereocenters. The van der Waals surface area contributed by atoms with Crippen molar-refractivity contribution in [2.45, 2.75) is 0 Å². The van der Waals surface area contributed by atoms with Crippen molar-refractivity contribution in [3.05, 3.63) is 111 Å². The third-order valence-corrected chi connectivity index (χ3v) is 3.64. The Kier molecular flexibility index (Phi) is 5.53. The number of nitrogens with zero attached hydrogens (tertiary/aromatic N) is 2. The van der Waals surface area contributed by atoms with E-state index in [1.165, 1.54) is 0 Å². The van der Waals surface area contributed by atoms with Gasteiger partial charge in [0.1, 0.15) is 0 Å². The number of anilines is 2. The van der Waals surface area contributed by atoms with Crippen molar-refractivity contribution in [1.29, 1.82) is 0 Å². The summed E-state index contributed by atoms with van der Waals surface area (Å²) in [5.41, 5.74) is 3.06. The molecular formula is C21H20N2O. The molecule has 3 heteroatoms. The number of ketones is 1. The highest BCUT2D eigenvalue weighted by molar-refractivity contribution is 6.09. The minimum absolute atomic E-state index is 0.0272. The van der Waals surface area contributed by atoms with Crippen LogP contribution in [0.15, 0.2) is 99.6 Å². The molecule has 0 N–H and O–H groups in total. The van der Waals surface area contributed by atoms with Crippen LogP contribution in [0.1, 0.15) is 15.9 Å². The Morgan fingerprint density at radius 1 is 0.625 bits per heavy atom. The van der Waals surface area contributed by atoms with Crippen LogP contribution in [0.5, 0.6) is 0 Å². The first-order chi connectivity index (χ1) is 11.6. The maximum absolute atomic E-state index is 12.6. The van der Waals surface area contributed by atoms with Crippen LogP contribution in [0, 0.1) is 0 Å². The zero-order chi connectivity index (χ0) is 17.5. The SMILES string of the molecule is C=CN(C=C)c1ccc(C(=O)c2ccc(N(C=C)C=C)cc2)cc1. The molecule has 3 nitrogen and oxygen atoms in total. The average molecular weight is 316 g/mol. The van der Waals surface area contributed by atoms with E-state index >= 15 is 0 Å². The Hall–Kier alpha value is -3.33. The van der Waals surface area contributed by atoms with Crippen molar-refractivity contribution in [3.8, 4) is 0 Å². The highest BCUT2D eigenvalue weighted by Gasteiger charge is 2.10. The fourth-order valence-electron chi connectivity index (χ4n) is 2.31. The van der Waals surface area contributed by atoms with E-state index in [-0.39, 0.29) is 5.78 Å². The van der Waals surface area contributed by atoms with Crippen LogP contribution < -0.4 is 9.80 Å². The van der Waals surface area contributed by atoms with Gasteiger partial charge in [0.2, 0.25) is 0 Å². The molecule has 0 unspecified atom stereocenters. The lowest BCUT2D eigenvalue weighted by molar-refractivity contribution is 0.103. The summed E-state index contributed by atoms with van der Waals surface area (Å²) in [6.45, 7) is 14.9. The molecule has 0 fully saturated rings. The first kappa shape index (κ1) is 17.0. The second kappa shape index (κ2) is 7.79. The van der Waals surface area contributed by atoms with E-state index in [9.17, 15) is 4.79 Å². The normalized spacial score (nSPS) is 9.67. The third-order valence-electron chi connectivity index (χ3n) is 3.64. The van der Waals surface area contributed by atoms with Gasteiger partial charge >= 0.3 is 0 Å². The van der Waals surface area contributed by atoms with Crippen molar-refractivity contribution in [2.75, 3.05) is 9.80 Å². The molecule has 0 bridgehead atoms. The summed E-state index contributed by atoms with van der Waals surface area (Å²) in [4.78, 5) is 16.1. The van der Waals surface area contributed by atoms with E-state index in [0.29, 0.717) is 11.1 Å². The van der Waals surface area contributed by atoms with Gasteiger partial charge in [0.05, 0.1) is 0 Å². The number of hydrogen-bond acceptors (Lipinski definition) is 3. The van der Waals surface area contributed by atoms with Crippen LogP contribution >= 0.6 is 0 Å². The van der Waals surface area contributed by atoms with Gasteiger partial charge < -0.3 is 9.80 Å². The maximum Gasteiger partial charge on any atom is 0.193 e. The van der Waals surface area contributed by atoms with Crippen LogP contribution in [-0.4, -0.2) is 5.78 Å². The molecule has 2 aromatic carbocycles. The molecule has 0 radical (unpaired) electrons. The monoisotopic (exact) mass is 316 g/mol. The molecule has 0 aromatic heterocycles. The van der Waals surface area contributed by atoms with Crippen LogP contribution in [0.3, 0.4) is 0 Å². The quantitative estimate of drug-likeness (QED) is 0.633. The smallest absolute Gasteiger partial charge is 0.193 e. The molecule has 0 saturated heterocycles. The fourth-order valence-corrected chi connectivity index (χ4v) is 2.31. The molecule has 0 amide bonds. The predicted octanol–water partition coefficient (Wildman–Crippen LogP) is 5.10. The Morgan fingerprint density at radius 2 is 0.917 bits per heavy atom. The summed E-state index contributed by atoms with van der Waals surface area (Å²) in [5, 5.41) is 0. The average Bonchev–Trinajstić information content (AvgIpc) is 2.64. The summed E-state index contributed by atoms with van der Waals surface area (Å²) in [6, 6.07) is 14.6. The number of carbonyl (C=O) groups excluding carboxylic acids is 1. The number of hydrogen-bond donors (Lipinski definition) is 0. The third kappa shape index (κ3) is 3.52. The van der Waals surface area contributed by atoms with Crippen LogP contribution in [-0.2, 0) is 0 Å². The van der Waals surface area contributed by atoms with Crippen LogP contribution in [0.25, 0.3) is 0 Å². The van der Waals surface area contributed by atoms with E-state index in [1.54, 1.807) is 58.9 Å². The minimum Gasteiger partial charge on any atom is -0.325 e. The van der Waals surface area contributed by atoms with Crippen molar-refractivity contribution in [1.82, 2.24) is 0 Å². The van der Waals surface area contributed by atoms with Gasteiger partial charge in [-0.1, -0.05) is 26.3 Å². The van der Waals surface area contributed by atoms with Gasteiger partial charge in [-0.3, -0.25) is 4.79 Å². The molecule has 0 heterocycles. The fraction of sp³-hybridized carbons (Fsp3) is 0. The number of rotatable bonds is 8. The van der Waals surface area contributed by atoms with Gasteiger partial charge in [0.15, 0.2) is 5.78 Å². The summed E-state index contributed by atoms with van der Waals surface area (Å²) in [7, 11) is 0. The Bertz CT molecular complexity index is 676. The second-order valence-corrected chi connectivity index (χ2v) is 4.97. The van der Waals surface area contributed by atoms with E-state index in [0.717, 1.165) is 11.4 Å². The molecule has 0 spiro atoms. The van der Waals surface area contributed by atoms with Crippen molar-refractivity contribution < 1.29 is 4.79 Å². The van der Waals surface area contributed by atoms with E-state index in [2.05, 4.69) is 26.3 Å².